The molecule has 0 aliphatic carbocycles. The van der Waals surface area contributed by atoms with E-state index in [2.05, 4.69) is 0 Å². The van der Waals surface area contributed by atoms with Gasteiger partial charge in [0.1, 0.15) is 17.4 Å². The highest BCUT2D eigenvalue weighted by Crippen LogP contribution is 2.44. The summed E-state index contributed by atoms with van der Waals surface area (Å²) in [7, 11) is 1.56. The van der Waals surface area contributed by atoms with Crippen LogP contribution >= 0.6 is 0 Å². The first-order chi connectivity index (χ1) is 13.7. The first-order valence-corrected chi connectivity index (χ1v) is 9.30. The van der Waals surface area contributed by atoms with Gasteiger partial charge in [0.05, 0.1) is 7.11 Å². The Morgan fingerprint density at radius 3 is 2.14 bits per heavy atom. The fourth-order valence-corrected chi connectivity index (χ4v) is 3.28. The van der Waals surface area contributed by atoms with Crippen molar-refractivity contribution >= 4 is 12.1 Å². The van der Waals surface area contributed by atoms with Crippen LogP contribution in [0.2, 0.25) is 0 Å². The molecule has 7 heteroatoms. The molecular weight excluding hydrogens is 374 g/mol. The van der Waals surface area contributed by atoms with Crippen molar-refractivity contribution in [1.29, 1.82) is 0 Å². The maximum Gasteiger partial charge on any atom is 0.413 e. The summed E-state index contributed by atoms with van der Waals surface area (Å²) in [6.07, 6.45) is -2.80. The first-order valence-electron chi connectivity index (χ1n) is 9.30. The normalized spacial score (nSPS) is 21.7. The van der Waals surface area contributed by atoms with Crippen LogP contribution in [0.15, 0.2) is 54.6 Å². The number of rotatable bonds is 4. The quantitative estimate of drug-likeness (QED) is 0.831. The van der Waals surface area contributed by atoms with E-state index in [0.717, 1.165) is 0 Å². The van der Waals surface area contributed by atoms with Gasteiger partial charge in [0, 0.05) is 5.56 Å². The maximum absolute atomic E-state index is 13.1. The number of amides is 1. The lowest BCUT2D eigenvalue weighted by atomic mass is 10.0. The lowest BCUT2D eigenvalue weighted by Crippen LogP contribution is -2.40. The maximum atomic E-state index is 13.1. The van der Waals surface area contributed by atoms with E-state index in [0.29, 0.717) is 16.9 Å². The van der Waals surface area contributed by atoms with E-state index in [4.69, 9.17) is 14.2 Å². The molecule has 1 saturated heterocycles. The van der Waals surface area contributed by atoms with Gasteiger partial charge in [0.25, 0.3) is 0 Å². The zero-order chi connectivity index (χ0) is 21.2. The molecule has 0 unspecified atom stereocenters. The molecule has 3 rings (SSSR count). The van der Waals surface area contributed by atoms with Crippen LogP contribution in [0.25, 0.3) is 0 Å². The highest BCUT2D eigenvalue weighted by molar-refractivity contribution is 5.77. The van der Waals surface area contributed by atoms with Crippen molar-refractivity contribution in [2.45, 2.75) is 44.7 Å². The Labute approximate surface area is 169 Å². The molecular formula is C22H25NO6. The summed E-state index contributed by atoms with van der Waals surface area (Å²) in [6, 6.07) is 15.1. The van der Waals surface area contributed by atoms with Crippen molar-refractivity contribution in [1.82, 2.24) is 4.90 Å². The van der Waals surface area contributed by atoms with Gasteiger partial charge < -0.3 is 19.3 Å². The van der Waals surface area contributed by atoms with E-state index in [1.807, 2.05) is 6.07 Å². The molecule has 7 nitrogen and oxygen atoms in total. The van der Waals surface area contributed by atoms with Crippen LogP contribution in [-0.4, -0.2) is 40.9 Å². The van der Waals surface area contributed by atoms with Gasteiger partial charge in [0.2, 0.25) is 0 Å². The van der Waals surface area contributed by atoms with Crippen LogP contribution in [0.5, 0.6) is 5.75 Å². The molecule has 0 spiro atoms. The summed E-state index contributed by atoms with van der Waals surface area (Å²) in [4.78, 5) is 26.5. The highest BCUT2D eigenvalue weighted by atomic mass is 16.6. The second kappa shape index (κ2) is 8.13. The molecule has 0 radical (unpaired) electrons. The lowest BCUT2D eigenvalue weighted by molar-refractivity contribution is -0.150. The standard InChI is InChI=1S/C22H25NO6/c1-22(2,3)29-21(26)23-17(14-8-6-5-7-9-14)18(20(24)25)28-19(23)15-10-12-16(27-4)13-11-15/h5-13,17-19H,1-4H3,(H,24,25)/t17-,18+,19+/m1/s1. The Hall–Kier alpha value is -3.06. The van der Waals surface area contributed by atoms with Crippen molar-refractivity contribution < 1.29 is 28.9 Å². The zero-order valence-corrected chi connectivity index (χ0v) is 16.9. The molecule has 1 aliphatic rings. The minimum atomic E-state index is -1.24. The summed E-state index contributed by atoms with van der Waals surface area (Å²) in [6.45, 7) is 5.28. The fourth-order valence-electron chi connectivity index (χ4n) is 3.28. The van der Waals surface area contributed by atoms with Crippen LogP contribution in [0, 0.1) is 0 Å². The van der Waals surface area contributed by atoms with E-state index in [1.165, 1.54) is 4.90 Å². The van der Waals surface area contributed by atoms with Gasteiger partial charge in [-0.1, -0.05) is 42.5 Å². The highest BCUT2D eigenvalue weighted by Gasteiger charge is 2.51. The number of benzene rings is 2. The number of carbonyl (C=O) groups is 2. The molecule has 1 N–H and O–H groups in total. The molecule has 2 aromatic rings. The van der Waals surface area contributed by atoms with Crippen LogP contribution in [0.3, 0.4) is 0 Å². The van der Waals surface area contributed by atoms with Gasteiger partial charge in [0.15, 0.2) is 12.3 Å². The van der Waals surface area contributed by atoms with Crippen LogP contribution in [0.4, 0.5) is 4.79 Å². The number of methoxy groups -OCH3 is 1. The van der Waals surface area contributed by atoms with Crippen molar-refractivity contribution in [3.8, 4) is 5.75 Å². The minimum absolute atomic E-state index is 0.626. The molecule has 0 bridgehead atoms. The number of ether oxygens (including phenoxy) is 3. The molecule has 1 fully saturated rings. The average molecular weight is 399 g/mol. The smallest absolute Gasteiger partial charge is 0.413 e. The van der Waals surface area contributed by atoms with Crippen LogP contribution < -0.4 is 4.74 Å². The average Bonchev–Trinajstić information content (AvgIpc) is 3.08. The van der Waals surface area contributed by atoms with E-state index in [9.17, 15) is 14.7 Å². The number of hydrogen-bond acceptors (Lipinski definition) is 5. The van der Waals surface area contributed by atoms with Crippen molar-refractivity contribution in [3.63, 3.8) is 0 Å². The van der Waals surface area contributed by atoms with E-state index >= 15 is 0 Å². The molecule has 0 saturated carbocycles. The molecule has 29 heavy (non-hydrogen) atoms. The summed E-state index contributed by atoms with van der Waals surface area (Å²) in [5, 5.41) is 9.80. The van der Waals surface area contributed by atoms with Crippen molar-refractivity contribution in [2.24, 2.45) is 0 Å². The summed E-state index contributed by atoms with van der Waals surface area (Å²) in [5.74, 6) is -0.506. The Morgan fingerprint density at radius 1 is 1.00 bits per heavy atom. The number of carboxylic acids is 1. The summed E-state index contributed by atoms with van der Waals surface area (Å²) < 4.78 is 16.7. The van der Waals surface area contributed by atoms with Gasteiger partial charge in [-0.2, -0.15) is 0 Å². The monoisotopic (exact) mass is 399 g/mol. The summed E-state index contributed by atoms with van der Waals surface area (Å²) >= 11 is 0. The lowest BCUT2D eigenvalue weighted by Gasteiger charge is -2.31. The van der Waals surface area contributed by atoms with E-state index < -0.39 is 36.0 Å². The number of aliphatic carboxylic acids is 1. The molecule has 3 atom stereocenters. The molecule has 1 amide bonds. The second-order valence-electron chi connectivity index (χ2n) is 7.76. The number of carbonyl (C=O) groups excluding carboxylic acids is 1. The van der Waals surface area contributed by atoms with Crippen LogP contribution in [0.1, 0.15) is 44.2 Å². The van der Waals surface area contributed by atoms with Gasteiger partial charge in [-0.05, 0) is 38.5 Å². The number of hydrogen-bond donors (Lipinski definition) is 1. The van der Waals surface area contributed by atoms with Gasteiger partial charge in [-0.15, -0.1) is 0 Å². The van der Waals surface area contributed by atoms with E-state index in [1.54, 1.807) is 76.4 Å². The Balaban J connectivity index is 2.07. The molecule has 2 aromatic carbocycles. The molecule has 1 heterocycles. The SMILES string of the molecule is COc1ccc([C@@H]2O[C@H](C(=O)O)[C@@H](c3ccccc3)N2C(=O)OC(C)(C)C)cc1. The van der Waals surface area contributed by atoms with Gasteiger partial charge in [-0.3, -0.25) is 4.90 Å². The van der Waals surface area contributed by atoms with Gasteiger partial charge >= 0.3 is 12.1 Å². The fraction of sp³-hybridized carbons (Fsp3) is 0.364. The van der Waals surface area contributed by atoms with Gasteiger partial charge in [-0.25, -0.2) is 9.59 Å². The molecule has 1 aliphatic heterocycles. The Morgan fingerprint density at radius 2 is 1.62 bits per heavy atom. The van der Waals surface area contributed by atoms with Crippen LogP contribution in [-0.2, 0) is 14.3 Å². The van der Waals surface area contributed by atoms with Crippen molar-refractivity contribution in [2.75, 3.05) is 7.11 Å². The summed E-state index contributed by atoms with van der Waals surface area (Å²) in [5.41, 5.74) is 0.535. The van der Waals surface area contributed by atoms with Crippen molar-refractivity contribution in [3.05, 3.63) is 65.7 Å². The second-order valence-corrected chi connectivity index (χ2v) is 7.76. The third kappa shape index (κ3) is 4.51. The Kier molecular flexibility index (Phi) is 5.79. The molecule has 0 aromatic heterocycles. The first kappa shape index (κ1) is 20.7. The number of nitrogens with zero attached hydrogens (tertiary/aromatic N) is 1. The van der Waals surface area contributed by atoms with E-state index in [-0.39, 0.29) is 0 Å². The topological polar surface area (TPSA) is 85.3 Å². The third-order valence-electron chi connectivity index (χ3n) is 4.50. The predicted octanol–water partition coefficient (Wildman–Crippen LogP) is 4.16. The zero-order valence-electron chi connectivity index (χ0n) is 16.9. The minimum Gasteiger partial charge on any atom is -0.497 e. The molecule has 154 valence electrons. The predicted molar refractivity (Wildman–Crippen MR) is 105 cm³/mol. The third-order valence-corrected chi connectivity index (χ3v) is 4.50. The Bertz CT molecular complexity index is 859. The largest absolute Gasteiger partial charge is 0.497 e. The number of carboxylic acid groups (broad SMARTS) is 1.